The maximum absolute atomic E-state index is 5.37. The molecule has 1 aliphatic heterocycles. The predicted octanol–water partition coefficient (Wildman–Crippen LogP) is 2.12. The molecule has 0 aromatic heterocycles. The third-order valence-corrected chi connectivity index (χ3v) is 2.42. The minimum atomic E-state index is 0.579. The summed E-state index contributed by atoms with van der Waals surface area (Å²) >= 11 is 0. The van der Waals surface area contributed by atoms with Crippen LogP contribution in [0, 0.1) is 0 Å². The maximum Gasteiger partial charge on any atom is 0.119 e. The van der Waals surface area contributed by atoms with Crippen LogP contribution in [-0.4, -0.2) is 13.2 Å². The molecule has 2 heteroatoms. The Labute approximate surface area is 78.9 Å². The van der Waals surface area contributed by atoms with Crippen LogP contribution >= 0.6 is 0 Å². The SMILES string of the molecule is CCOc1ccc([C@@H]2CCN2)cc1. The summed E-state index contributed by atoms with van der Waals surface area (Å²) in [6.07, 6.45) is 1.26. The van der Waals surface area contributed by atoms with Crippen LogP contribution in [0.25, 0.3) is 0 Å². The van der Waals surface area contributed by atoms with E-state index < -0.39 is 0 Å². The first-order valence-electron chi connectivity index (χ1n) is 4.86. The lowest BCUT2D eigenvalue weighted by Gasteiger charge is -2.28. The molecule has 0 saturated carbocycles. The third kappa shape index (κ3) is 1.83. The van der Waals surface area contributed by atoms with Gasteiger partial charge in [0.15, 0.2) is 0 Å². The van der Waals surface area contributed by atoms with E-state index >= 15 is 0 Å². The van der Waals surface area contributed by atoms with Gasteiger partial charge in [-0.15, -0.1) is 0 Å². The van der Waals surface area contributed by atoms with Crippen LogP contribution in [0.2, 0.25) is 0 Å². The monoisotopic (exact) mass is 177 g/mol. The average Bonchev–Trinajstić information content (AvgIpc) is 2.06. The van der Waals surface area contributed by atoms with Crippen molar-refractivity contribution in [3.8, 4) is 5.75 Å². The molecule has 2 nitrogen and oxygen atoms in total. The highest BCUT2D eigenvalue weighted by atomic mass is 16.5. The van der Waals surface area contributed by atoms with E-state index in [0.717, 1.165) is 18.9 Å². The number of hydrogen-bond donors (Lipinski definition) is 1. The Balaban J connectivity index is 2.04. The molecule has 13 heavy (non-hydrogen) atoms. The molecular weight excluding hydrogens is 162 g/mol. The average molecular weight is 177 g/mol. The fraction of sp³-hybridized carbons (Fsp3) is 0.455. The van der Waals surface area contributed by atoms with Crippen LogP contribution in [0.5, 0.6) is 5.75 Å². The van der Waals surface area contributed by atoms with Crippen LogP contribution < -0.4 is 10.1 Å². The zero-order chi connectivity index (χ0) is 9.10. The van der Waals surface area contributed by atoms with Crippen molar-refractivity contribution in [2.45, 2.75) is 19.4 Å². The Hall–Kier alpha value is -1.02. The zero-order valence-electron chi connectivity index (χ0n) is 7.92. The maximum atomic E-state index is 5.37. The second-order valence-electron chi connectivity index (χ2n) is 3.30. The lowest BCUT2D eigenvalue weighted by molar-refractivity contribution is 0.339. The summed E-state index contributed by atoms with van der Waals surface area (Å²) in [5.41, 5.74) is 1.37. The van der Waals surface area contributed by atoms with Crippen LogP contribution in [0.3, 0.4) is 0 Å². The van der Waals surface area contributed by atoms with E-state index in [1.54, 1.807) is 0 Å². The summed E-state index contributed by atoms with van der Waals surface area (Å²) in [5.74, 6) is 0.963. The first-order valence-corrected chi connectivity index (χ1v) is 4.86. The Morgan fingerprint density at radius 2 is 2.08 bits per heavy atom. The van der Waals surface area contributed by atoms with Crippen molar-refractivity contribution in [1.82, 2.24) is 5.32 Å². The van der Waals surface area contributed by atoms with Crippen molar-refractivity contribution < 1.29 is 4.74 Å². The molecular formula is C11H15NO. The Bertz CT molecular complexity index is 264. The molecule has 1 aliphatic rings. The van der Waals surface area contributed by atoms with E-state index in [0.29, 0.717) is 6.04 Å². The van der Waals surface area contributed by atoms with Crippen molar-refractivity contribution in [1.29, 1.82) is 0 Å². The molecule has 70 valence electrons. The summed E-state index contributed by atoms with van der Waals surface area (Å²) in [5, 5.41) is 3.37. The second-order valence-corrected chi connectivity index (χ2v) is 3.30. The molecule has 0 bridgehead atoms. The van der Waals surface area contributed by atoms with Crippen LogP contribution in [0.1, 0.15) is 24.9 Å². The van der Waals surface area contributed by atoms with Crippen molar-refractivity contribution in [3.63, 3.8) is 0 Å². The highest BCUT2D eigenvalue weighted by Crippen LogP contribution is 2.24. The molecule has 1 aromatic carbocycles. The first kappa shape index (κ1) is 8.57. The second kappa shape index (κ2) is 3.79. The zero-order valence-corrected chi connectivity index (χ0v) is 7.92. The Morgan fingerprint density at radius 1 is 1.38 bits per heavy atom. The number of hydrogen-bond acceptors (Lipinski definition) is 2. The fourth-order valence-electron chi connectivity index (χ4n) is 1.54. The summed E-state index contributed by atoms with van der Waals surface area (Å²) in [4.78, 5) is 0. The van der Waals surface area contributed by atoms with Crippen molar-refractivity contribution in [2.24, 2.45) is 0 Å². The van der Waals surface area contributed by atoms with E-state index in [2.05, 4.69) is 17.4 Å². The van der Waals surface area contributed by atoms with Gasteiger partial charge in [-0.1, -0.05) is 12.1 Å². The van der Waals surface area contributed by atoms with E-state index in [1.165, 1.54) is 12.0 Å². The van der Waals surface area contributed by atoms with Crippen LogP contribution in [-0.2, 0) is 0 Å². The lowest BCUT2D eigenvalue weighted by atomic mass is 9.98. The third-order valence-electron chi connectivity index (χ3n) is 2.42. The van der Waals surface area contributed by atoms with Gasteiger partial charge in [0.05, 0.1) is 6.61 Å². The van der Waals surface area contributed by atoms with Gasteiger partial charge < -0.3 is 10.1 Å². The molecule has 0 amide bonds. The predicted molar refractivity (Wildman–Crippen MR) is 53.0 cm³/mol. The largest absolute Gasteiger partial charge is 0.494 e. The van der Waals surface area contributed by atoms with Gasteiger partial charge in [0.2, 0.25) is 0 Å². The van der Waals surface area contributed by atoms with Gasteiger partial charge >= 0.3 is 0 Å². The van der Waals surface area contributed by atoms with E-state index in [9.17, 15) is 0 Å². The lowest BCUT2D eigenvalue weighted by Crippen LogP contribution is -2.34. The molecule has 1 N–H and O–H groups in total. The minimum absolute atomic E-state index is 0.579. The number of rotatable bonds is 3. The summed E-state index contributed by atoms with van der Waals surface area (Å²) in [7, 11) is 0. The minimum Gasteiger partial charge on any atom is -0.494 e. The first-order chi connectivity index (χ1) is 6.40. The summed E-state index contributed by atoms with van der Waals surface area (Å²) < 4.78 is 5.37. The molecule has 1 atom stereocenters. The normalized spacial score (nSPS) is 20.8. The Kier molecular flexibility index (Phi) is 2.50. The van der Waals surface area contributed by atoms with Crippen molar-refractivity contribution in [2.75, 3.05) is 13.2 Å². The standard InChI is InChI=1S/C11H15NO/c1-2-13-10-5-3-9(4-6-10)11-7-8-12-11/h3-6,11-12H,2,7-8H2,1H3/t11-/m0/s1. The topological polar surface area (TPSA) is 21.3 Å². The van der Waals surface area contributed by atoms with Gasteiger partial charge in [-0.3, -0.25) is 0 Å². The van der Waals surface area contributed by atoms with Gasteiger partial charge in [-0.25, -0.2) is 0 Å². The quantitative estimate of drug-likeness (QED) is 0.763. The molecule has 0 radical (unpaired) electrons. The molecule has 1 fully saturated rings. The molecule has 0 unspecified atom stereocenters. The molecule has 0 aliphatic carbocycles. The molecule has 1 saturated heterocycles. The number of nitrogens with one attached hydrogen (secondary N) is 1. The smallest absolute Gasteiger partial charge is 0.119 e. The van der Waals surface area contributed by atoms with Crippen LogP contribution in [0.4, 0.5) is 0 Å². The number of benzene rings is 1. The molecule has 1 aromatic rings. The summed E-state index contributed by atoms with van der Waals surface area (Å²) in [6.45, 7) is 3.89. The highest BCUT2D eigenvalue weighted by Gasteiger charge is 2.17. The molecule has 0 spiro atoms. The highest BCUT2D eigenvalue weighted by molar-refractivity contribution is 5.29. The van der Waals surface area contributed by atoms with Gasteiger partial charge in [0.25, 0.3) is 0 Å². The molecule has 1 heterocycles. The molecule has 2 rings (SSSR count). The Morgan fingerprint density at radius 3 is 2.54 bits per heavy atom. The van der Waals surface area contributed by atoms with E-state index in [4.69, 9.17) is 4.74 Å². The van der Waals surface area contributed by atoms with Gasteiger partial charge in [0.1, 0.15) is 5.75 Å². The van der Waals surface area contributed by atoms with Gasteiger partial charge in [0, 0.05) is 6.04 Å². The van der Waals surface area contributed by atoms with E-state index in [-0.39, 0.29) is 0 Å². The van der Waals surface area contributed by atoms with Gasteiger partial charge in [-0.05, 0) is 37.6 Å². The van der Waals surface area contributed by atoms with E-state index in [1.807, 2.05) is 19.1 Å². The van der Waals surface area contributed by atoms with Gasteiger partial charge in [-0.2, -0.15) is 0 Å². The van der Waals surface area contributed by atoms with Crippen molar-refractivity contribution >= 4 is 0 Å². The number of ether oxygens (including phenoxy) is 1. The summed E-state index contributed by atoms with van der Waals surface area (Å²) in [6, 6.07) is 8.94. The van der Waals surface area contributed by atoms with Crippen molar-refractivity contribution in [3.05, 3.63) is 29.8 Å². The fourth-order valence-corrected chi connectivity index (χ4v) is 1.54. The van der Waals surface area contributed by atoms with Crippen LogP contribution in [0.15, 0.2) is 24.3 Å².